The van der Waals surface area contributed by atoms with Crippen molar-refractivity contribution in [2.75, 3.05) is 12.4 Å². The van der Waals surface area contributed by atoms with Gasteiger partial charge in [0.1, 0.15) is 6.04 Å². The summed E-state index contributed by atoms with van der Waals surface area (Å²) < 4.78 is 7.16. The van der Waals surface area contributed by atoms with Crippen molar-refractivity contribution in [3.05, 3.63) is 53.3 Å². The Morgan fingerprint density at radius 3 is 2.54 bits per heavy atom. The Kier molecular flexibility index (Phi) is 5.84. The van der Waals surface area contributed by atoms with E-state index in [2.05, 4.69) is 52.4 Å². The molecule has 1 aliphatic heterocycles. The van der Waals surface area contributed by atoms with Crippen molar-refractivity contribution in [3.8, 4) is 0 Å². The fourth-order valence-corrected chi connectivity index (χ4v) is 3.80. The van der Waals surface area contributed by atoms with E-state index in [1.54, 1.807) is 6.20 Å². The Balaban J connectivity index is 2.13. The molecule has 7 heteroatoms. The highest BCUT2D eigenvalue weighted by molar-refractivity contribution is 5.92. The first-order chi connectivity index (χ1) is 13.3. The molecule has 0 fully saturated rings. The average Bonchev–Trinajstić information content (AvgIpc) is 3.06. The Morgan fingerprint density at radius 2 is 1.96 bits per heavy atom. The van der Waals surface area contributed by atoms with Gasteiger partial charge in [0, 0.05) is 30.5 Å². The third kappa shape index (κ3) is 3.67. The summed E-state index contributed by atoms with van der Waals surface area (Å²) in [5.41, 5.74) is 3.09. The molecule has 1 N–H and O–H groups in total. The van der Waals surface area contributed by atoms with Crippen LogP contribution >= 0.6 is 0 Å². The summed E-state index contributed by atoms with van der Waals surface area (Å²) in [7, 11) is 1.40. The van der Waals surface area contributed by atoms with Gasteiger partial charge in [-0.1, -0.05) is 6.07 Å². The number of methoxy groups -OCH3 is 1. The van der Waals surface area contributed by atoms with Gasteiger partial charge in [0.05, 0.1) is 30.3 Å². The molecule has 3 heterocycles. The zero-order valence-corrected chi connectivity index (χ0v) is 17.4. The number of carbonyl (C=O) groups excluding carboxylic acids is 1. The molecule has 0 saturated heterocycles. The zero-order valence-electron chi connectivity index (χ0n) is 17.4. The van der Waals surface area contributed by atoms with Gasteiger partial charge in [-0.25, -0.2) is 9.78 Å². The van der Waals surface area contributed by atoms with Crippen LogP contribution in [0.2, 0.25) is 0 Å². The second-order valence-electron chi connectivity index (χ2n) is 7.62. The van der Waals surface area contributed by atoms with Crippen molar-refractivity contribution < 1.29 is 9.53 Å². The molecule has 150 valence electrons. The highest BCUT2D eigenvalue weighted by atomic mass is 16.5. The van der Waals surface area contributed by atoms with Crippen molar-refractivity contribution >= 4 is 11.9 Å². The Hall–Kier alpha value is -2.67. The van der Waals surface area contributed by atoms with Gasteiger partial charge in [-0.15, -0.1) is 0 Å². The van der Waals surface area contributed by atoms with E-state index in [-0.39, 0.29) is 12.0 Å². The number of fused-ring (bicyclic) bond motifs is 1. The van der Waals surface area contributed by atoms with E-state index < -0.39 is 0 Å². The van der Waals surface area contributed by atoms with Crippen molar-refractivity contribution in [2.24, 2.45) is 0 Å². The van der Waals surface area contributed by atoms with Gasteiger partial charge in [0.15, 0.2) is 0 Å². The van der Waals surface area contributed by atoms with Crippen LogP contribution in [-0.2, 0) is 16.1 Å². The maximum Gasteiger partial charge on any atom is 0.338 e. The largest absolute Gasteiger partial charge is 0.466 e. The molecule has 2 aromatic rings. The summed E-state index contributed by atoms with van der Waals surface area (Å²) in [6.07, 6.45) is 3.62. The molecule has 7 nitrogen and oxygen atoms in total. The normalized spacial score (nSPS) is 16.5. The second kappa shape index (κ2) is 8.14. The van der Waals surface area contributed by atoms with E-state index in [1.807, 2.05) is 31.3 Å². The summed E-state index contributed by atoms with van der Waals surface area (Å²) in [6.45, 7) is 11.3. The number of carbonyl (C=O) groups is 1. The van der Waals surface area contributed by atoms with Crippen molar-refractivity contribution in [2.45, 2.75) is 59.3 Å². The number of ether oxygens (including phenoxy) is 1. The second-order valence-corrected chi connectivity index (χ2v) is 7.62. The van der Waals surface area contributed by atoms with Crippen LogP contribution in [0, 0.1) is 0 Å². The van der Waals surface area contributed by atoms with E-state index in [4.69, 9.17) is 4.74 Å². The van der Waals surface area contributed by atoms with Crippen LogP contribution in [0.4, 0.5) is 5.95 Å². The smallest absolute Gasteiger partial charge is 0.338 e. The summed E-state index contributed by atoms with van der Waals surface area (Å²) in [5, 5.41) is 3.26. The van der Waals surface area contributed by atoms with Gasteiger partial charge in [-0.2, -0.15) is 0 Å². The number of hydrogen-bond acceptors (Lipinski definition) is 6. The lowest BCUT2D eigenvalue weighted by Crippen LogP contribution is -2.38. The van der Waals surface area contributed by atoms with Crippen LogP contribution in [0.1, 0.15) is 52.0 Å². The molecule has 0 bridgehead atoms. The Bertz CT molecular complexity index is 862. The lowest BCUT2D eigenvalue weighted by molar-refractivity contribution is -0.136. The number of nitrogens with one attached hydrogen (secondary N) is 1. The third-order valence-electron chi connectivity index (χ3n) is 5.15. The van der Waals surface area contributed by atoms with Crippen LogP contribution < -0.4 is 5.32 Å². The van der Waals surface area contributed by atoms with Gasteiger partial charge in [0.2, 0.25) is 5.95 Å². The number of anilines is 1. The van der Waals surface area contributed by atoms with Gasteiger partial charge < -0.3 is 10.1 Å². The Morgan fingerprint density at radius 1 is 1.25 bits per heavy atom. The highest BCUT2D eigenvalue weighted by Crippen LogP contribution is 2.37. The predicted octanol–water partition coefficient (Wildman–Crippen LogP) is 3.36. The number of nitrogens with zero attached hydrogens (tertiary/aromatic N) is 4. The molecule has 3 rings (SSSR count). The van der Waals surface area contributed by atoms with Gasteiger partial charge in [-0.05, 0) is 46.8 Å². The third-order valence-corrected chi connectivity index (χ3v) is 5.15. The number of hydrogen-bond donors (Lipinski definition) is 1. The number of pyridine rings is 1. The van der Waals surface area contributed by atoms with Crippen molar-refractivity contribution in [1.82, 2.24) is 19.4 Å². The molecule has 0 saturated carbocycles. The molecule has 2 aromatic heterocycles. The summed E-state index contributed by atoms with van der Waals surface area (Å²) in [6, 6.07) is 6.11. The van der Waals surface area contributed by atoms with Crippen molar-refractivity contribution in [1.29, 1.82) is 0 Å². The molecule has 0 radical (unpaired) electrons. The molecule has 1 unspecified atom stereocenters. The highest BCUT2D eigenvalue weighted by Gasteiger charge is 2.36. The van der Waals surface area contributed by atoms with Crippen molar-refractivity contribution in [3.63, 3.8) is 0 Å². The molecule has 0 aliphatic carbocycles. The van der Waals surface area contributed by atoms with E-state index in [0.717, 1.165) is 23.6 Å². The lowest BCUT2D eigenvalue weighted by atomic mass is 9.98. The monoisotopic (exact) mass is 383 g/mol. The van der Waals surface area contributed by atoms with Crippen LogP contribution in [0.3, 0.4) is 0 Å². The number of aromatic nitrogens is 3. The first-order valence-corrected chi connectivity index (χ1v) is 9.64. The molecular formula is C21H29N5O2. The molecule has 1 aliphatic rings. The van der Waals surface area contributed by atoms with Crippen LogP contribution in [-0.4, -0.2) is 44.6 Å². The van der Waals surface area contributed by atoms with Gasteiger partial charge in [-0.3, -0.25) is 14.5 Å². The number of allylic oxidation sites excluding steroid dienone is 1. The SMILES string of the molecule is COC(=O)C1=C(C)Nc2ncc(CN(C(C)C)C(C)C)n2C1c1ccccn1. The summed E-state index contributed by atoms with van der Waals surface area (Å²) in [5.74, 6) is 0.346. The quantitative estimate of drug-likeness (QED) is 0.771. The fraction of sp³-hybridized carbons (Fsp3) is 0.476. The fourth-order valence-electron chi connectivity index (χ4n) is 3.80. The van der Waals surface area contributed by atoms with E-state index in [9.17, 15) is 4.79 Å². The predicted molar refractivity (Wildman–Crippen MR) is 109 cm³/mol. The molecule has 28 heavy (non-hydrogen) atoms. The molecule has 0 amide bonds. The first-order valence-electron chi connectivity index (χ1n) is 9.64. The molecule has 0 aromatic carbocycles. The summed E-state index contributed by atoms with van der Waals surface area (Å²) >= 11 is 0. The molecular weight excluding hydrogens is 354 g/mol. The van der Waals surface area contributed by atoms with Gasteiger partial charge in [0.25, 0.3) is 0 Å². The summed E-state index contributed by atoms with van der Waals surface area (Å²) in [4.78, 5) is 24.2. The maximum atomic E-state index is 12.7. The number of rotatable bonds is 6. The van der Waals surface area contributed by atoms with Crippen LogP contribution in [0.5, 0.6) is 0 Å². The minimum absolute atomic E-state index is 0.365. The minimum Gasteiger partial charge on any atom is -0.466 e. The van der Waals surface area contributed by atoms with E-state index >= 15 is 0 Å². The van der Waals surface area contributed by atoms with E-state index in [1.165, 1.54) is 7.11 Å². The Labute approximate surface area is 166 Å². The molecule has 1 atom stereocenters. The van der Waals surface area contributed by atoms with E-state index in [0.29, 0.717) is 23.6 Å². The lowest BCUT2D eigenvalue weighted by Gasteiger charge is -2.34. The topological polar surface area (TPSA) is 72.3 Å². The zero-order chi connectivity index (χ0) is 20.4. The standard InChI is InChI=1S/C21H29N5O2/c1-13(2)25(14(3)4)12-16-11-23-21-24-15(5)18(20(27)28-6)19(26(16)21)17-9-7-8-10-22-17/h7-11,13-14,19H,12H2,1-6H3,(H,23,24). The molecule has 0 spiro atoms. The average molecular weight is 383 g/mol. The van der Waals surface area contributed by atoms with Gasteiger partial charge >= 0.3 is 5.97 Å². The maximum absolute atomic E-state index is 12.7. The van der Waals surface area contributed by atoms with Crippen LogP contribution in [0.15, 0.2) is 41.9 Å². The van der Waals surface area contributed by atoms with Crippen LogP contribution in [0.25, 0.3) is 0 Å². The number of esters is 1. The number of imidazole rings is 1. The first kappa shape index (κ1) is 20.1. The minimum atomic E-state index is -0.386.